The second-order valence-electron chi connectivity index (χ2n) is 3.16. The maximum Gasteiger partial charge on any atom is 0.140 e. The predicted molar refractivity (Wildman–Crippen MR) is 56.0 cm³/mol. The van der Waals surface area contributed by atoms with E-state index in [0.717, 1.165) is 17.7 Å². The molecule has 0 atom stereocenters. The molecular formula is C12H9N3. The molecule has 3 heteroatoms. The molecule has 3 nitrogen and oxygen atoms in total. The van der Waals surface area contributed by atoms with Crippen LogP contribution >= 0.6 is 0 Å². The molecular weight excluding hydrogens is 186 g/mol. The summed E-state index contributed by atoms with van der Waals surface area (Å²) < 4.78 is 0. The van der Waals surface area contributed by atoms with E-state index in [2.05, 4.69) is 9.97 Å². The van der Waals surface area contributed by atoms with Crippen LogP contribution in [0.25, 0.3) is 0 Å². The van der Waals surface area contributed by atoms with Gasteiger partial charge in [0.05, 0.1) is 0 Å². The second kappa shape index (κ2) is 4.34. The number of rotatable bonds is 2. The molecule has 0 aliphatic heterocycles. The Morgan fingerprint density at radius 2 is 2.07 bits per heavy atom. The Balaban J connectivity index is 2.16. The van der Waals surface area contributed by atoms with Gasteiger partial charge in [-0.1, -0.05) is 12.1 Å². The number of nitriles is 1. The monoisotopic (exact) mass is 195 g/mol. The quantitative estimate of drug-likeness (QED) is 0.735. The van der Waals surface area contributed by atoms with Crippen molar-refractivity contribution in [2.24, 2.45) is 0 Å². The third-order valence-electron chi connectivity index (χ3n) is 2.05. The first-order chi connectivity index (χ1) is 7.38. The van der Waals surface area contributed by atoms with Crippen LogP contribution in [0.3, 0.4) is 0 Å². The molecule has 72 valence electrons. The van der Waals surface area contributed by atoms with Crippen LogP contribution in [-0.2, 0) is 6.42 Å². The molecule has 0 unspecified atom stereocenters. The number of aromatic nitrogens is 2. The Morgan fingerprint density at radius 3 is 2.67 bits per heavy atom. The molecule has 0 fully saturated rings. The van der Waals surface area contributed by atoms with Crippen LogP contribution in [0.5, 0.6) is 0 Å². The molecule has 2 rings (SSSR count). The fraction of sp³-hybridized carbons (Fsp3) is 0.0833. The molecule has 2 aromatic heterocycles. The van der Waals surface area contributed by atoms with Crippen LogP contribution < -0.4 is 0 Å². The maximum atomic E-state index is 8.59. The molecule has 0 bridgehead atoms. The highest BCUT2D eigenvalue weighted by Crippen LogP contribution is 2.05. The average molecular weight is 195 g/mol. The maximum absolute atomic E-state index is 8.59. The number of nitrogens with zero attached hydrogens (tertiary/aromatic N) is 3. The van der Waals surface area contributed by atoms with Crippen molar-refractivity contribution in [3.8, 4) is 6.07 Å². The SMILES string of the molecule is N#Cc1ccc(Cc2ccccn2)cn1. The van der Waals surface area contributed by atoms with Crippen molar-refractivity contribution in [2.45, 2.75) is 6.42 Å². The van der Waals surface area contributed by atoms with Crippen LogP contribution in [0.1, 0.15) is 17.0 Å². The van der Waals surface area contributed by atoms with Crippen molar-refractivity contribution in [1.29, 1.82) is 5.26 Å². The van der Waals surface area contributed by atoms with Gasteiger partial charge in [0, 0.05) is 24.5 Å². The highest BCUT2D eigenvalue weighted by atomic mass is 14.7. The summed E-state index contributed by atoms with van der Waals surface area (Å²) in [5, 5.41) is 8.59. The minimum absolute atomic E-state index is 0.444. The summed E-state index contributed by atoms with van der Waals surface area (Å²) in [6.07, 6.45) is 4.24. The highest BCUT2D eigenvalue weighted by Gasteiger charge is 1.97. The molecule has 0 aliphatic carbocycles. The number of hydrogen-bond acceptors (Lipinski definition) is 3. The van der Waals surface area contributed by atoms with Gasteiger partial charge < -0.3 is 0 Å². The topological polar surface area (TPSA) is 49.6 Å². The summed E-state index contributed by atoms with van der Waals surface area (Å²) in [7, 11) is 0. The zero-order valence-corrected chi connectivity index (χ0v) is 8.09. The Hall–Kier alpha value is -2.21. The highest BCUT2D eigenvalue weighted by molar-refractivity contribution is 5.25. The van der Waals surface area contributed by atoms with Gasteiger partial charge in [0.1, 0.15) is 11.8 Å². The molecule has 0 amide bonds. The van der Waals surface area contributed by atoms with Crippen LogP contribution in [-0.4, -0.2) is 9.97 Å². The minimum Gasteiger partial charge on any atom is -0.261 e. The third-order valence-corrected chi connectivity index (χ3v) is 2.05. The second-order valence-corrected chi connectivity index (χ2v) is 3.16. The lowest BCUT2D eigenvalue weighted by Crippen LogP contribution is -1.92. The summed E-state index contributed by atoms with van der Waals surface area (Å²) in [5.74, 6) is 0. The molecule has 0 aliphatic rings. The molecule has 0 aromatic carbocycles. The third kappa shape index (κ3) is 2.38. The summed E-state index contributed by atoms with van der Waals surface area (Å²) >= 11 is 0. The van der Waals surface area contributed by atoms with Crippen molar-refractivity contribution < 1.29 is 0 Å². The van der Waals surface area contributed by atoms with E-state index in [-0.39, 0.29) is 0 Å². The molecule has 15 heavy (non-hydrogen) atoms. The van der Waals surface area contributed by atoms with Gasteiger partial charge in [-0.15, -0.1) is 0 Å². The van der Waals surface area contributed by atoms with E-state index in [0.29, 0.717) is 5.69 Å². The van der Waals surface area contributed by atoms with Gasteiger partial charge in [-0.2, -0.15) is 5.26 Å². The van der Waals surface area contributed by atoms with Crippen LogP contribution in [0.4, 0.5) is 0 Å². The lowest BCUT2D eigenvalue weighted by Gasteiger charge is -1.99. The standard InChI is InChI=1S/C12H9N3/c13-8-12-5-4-10(9-15-12)7-11-3-1-2-6-14-11/h1-6,9H,7H2. The van der Waals surface area contributed by atoms with Crippen molar-refractivity contribution in [1.82, 2.24) is 9.97 Å². The molecule has 0 saturated heterocycles. The number of pyridine rings is 2. The van der Waals surface area contributed by atoms with E-state index in [1.807, 2.05) is 30.3 Å². The fourth-order valence-electron chi connectivity index (χ4n) is 1.31. The van der Waals surface area contributed by atoms with Gasteiger partial charge in [0.2, 0.25) is 0 Å². The van der Waals surface area contributed by atoms with Gasteiger partial charge in [-0.25, -0.2) is 4.98 Å². The zero-order valence-electron chi connectivity index (χ0n) is 8.09. The molecule has 0 radical (unpaired) electrons. The predicted octanol–water partition coefficient (Wildman–Crippen LogP) is 1.94. The Labute approximate surface area is 88.1 Å². The Bertz CT molecular complexity index is 468. The largest absolute Gasteiger partial charge is 0.261 e. The van der Waals surface area contributed by atoms with E-state index in [9.17, 15) is 0 Å². The first kappa shape index (κ1) is 9.35. The molecule has 0 N–H and O–H groups in total. The van der Waals surface area contributed by atoms with Gasteiger partial charge in [0.25, 0.3) is 0 Å². The van der Waals surface area contributed by atoms with Crippen molar-refractivity contribution in [3.63, 3.8) is 0 Å². The zero-order chi connectivity index (χ0) is 10.5. The van der Waals surface area contributed by atoms with Crippen molar-refractivity contribution in [3.05, 3.63) is 59.7 Å². The first-order valence-corrected chi connectivity index (χ1v) is 4.63. The van der Waals surface area contributed by atoms with E-state index in [4.69, 9.17) is 5.26 Å². The van der Waals surface area contributed by atoms with Gasteiger partial charge >= 0.3 is 0 Å². The van der Waals surface area contributed by atoms with E-state index in [1.165, 1.54) is 0 Å². The first-order valence-electron chi connectivity index (χ1n) is 4.63. The van der Waals surface area contributed by atoms with Gasteiger partial charge in [-0.3, -0.25) is 4.98 Å². The van der Waals surface area contributed by atoms with E-state index >= 15 is 0 Å². The molecule has 0 spiro atoms. The minimum atomic E-state index is 0.444. The van der Waals surface area contributed by atoms with Crippen LogP contribution in [0.2, 0.25) is 0 Å². The van der Waals surface area contributed by atoms with Crippen LogP contribution in [0.15, 0.2) is 42.7 Å². The summed E-state index contributed by atoms with van der Waals surface area (Å²) in [5.41, 5.74) is 2.51. The normalized spacial score (nSPS) is 9.53. The smallest absolute Gasteiger partial charge is 0.140 e. The lowest BCUT2D eigenvalue weighted by atomic mass is 10.1. The summed E-state index contributed by atoms with van der Waals surface area (Å²) in [6.45, 7) is 0. The van der Waals surface area contributed by atoms with E-state index < -0.39 is 0 Å². The van der Waals surface area contributed by atoms with Crippen molar-refractivity contribution >= 4 is 0 Å². The van der Waals surface area contributed by atoms with Gasteiger partial charge in [0.15, 0.2) is 0 Å². The molecule has 2 heterocycles. The Morgan fingerprint density at radius 1 is 1.13 bits per heavy atom. The van der Waals surface area contributed by atoms with Gasteiger partial charge in [-0.05, 0) is 23.8 Å². The molecule has 2 aromatic rings. The average Bonchev–Trinajstić information content (AvgIpc) is 2.31. The Kier molecular flexibility index (Phi) is 2.70. The summed E-state index contributed by atoms with van der Waals surface area (Å²) in [6, 6.07) is 11.4. The van der Waals surface area contributed by atoms with E-state index in [1.54, 1.807) is 18.5 Å². The van der Waals surface area contributed by atoms with Crippen LogP contribution in [0, 0.1) is 11.3 Å². The fourth-order valence-corrected chi connectivity index (χ4v) is 1.31. The molecule has 0 saturated carbocycles. The summed E-state index contributed by atoms with van der Waals surface area (Å²) in [4.78, 5) is 8.23. The number of hydrogen-bond donors (Lipinski definition) is 0. The van der Waals surface area contributed by atoms with Crippen molar-refractivity contribution in [2.75, 3.05) is 0 Å². The lowest BCUT2D eigenvalue weighted by molar-refractivity contribution is 1.05.